The molecule has 22 heavy (non-hydrogen) atoms. The molecule has 1 N–H and O–H groups in total. The molecular weight excluding hydrogens is 301 g/mol. The van der Waals surface area contributed by atoms with Crippen molar-refractivity contribution in [2.75, 3.05) is 5.75 Å². The second-order valence-corrected chi connectivity index (χ2v) is 5.94. The molecule has 6 heteroatoms. The summed E-state index contributed by atoms with van der Waals surface area (Å²) in [5.41, 5.74) is 3.80. The number of aromatic nitrogens is 2. The fourth-order valence-corrected chi connectivity index (χ4v) is 2.56. The minimum Gasteiger partial charge on any atom is -0.351 e. The monoisotopic (exact) mass is 319 g/mol. The van der Waals surface area contributed by atoms with Gasteiger partial charge in [-0.2, -0.15) is 0 Å². The van der Waals surface area contributed by atoms with Gasteiger partial charge in [0.15, 0.2) is 5.16 Å². The molecule has 0 spiro atoms. The van der Waals surface area contributed by atoms with E-state index in [1.165, 1.54) is 23.9 Å². The number of halogens is 1. The van der Waals surface area contributed by atoms with Crippen LogP contribution in [0.1, 0.15) is 22.5 Å². The molecule has 4 nitrogen and oxygen atoms in total. The summed E-state index contributed by atoms with van der Waals surface area (Å²) in [6.45, 7) is 6.23. The van der Waals surface area contributed by atoms with E-state index in [2.05, 4.69) is 15.3 Å². The van der Waals surface area contributed by atoms with Gasteiger partial charge in [-0.05, 0) is 44.0 Å². The molecule has 0 aliphatic heterocycles. The molecule has 0 unspecified atom stereocenters. The van der Waals surface area contributed by atoms with Crippen molar-refractivity contribution < 1.29 is 9.18 Å². The number of hydrogen-bond donors (Lipinski definition) is 1. The Kier molecular flexibility index (Phi) is 5.49. The maximum atomic E-state index is 12.8. The zero-order valence-electron chi connectivity index (χ0n) is 12.8. The van der Waals surface area contributed by atoms with Crippen LogP contribution in [0.2, 0.25) is 0 Å². The molecule has 116 valence electrons. The van der Waals surface area contributed by atoms with Gasteiger partial charge in [0.1, 0.15) is 5.82 Å². The topological polar surface area (TPSA) is 54.9 Å². The minimum atomic E-state index is -0.284. The molecule has 0 bridgehead atoms. The highest BCUT2D eigenvalue weighted by Gasteiger charge is 2.08. The summed E-state index contributed by atoms with van der Waals surface area (Å²) in [5, 5.41) is 3.40. The Bertz CT molecular complexity index is 651. The average Bonchev–Trinajstić information content (AvgIpc) is 2.50. The number of rotatable bonds is 5. The van der Waals surface area contributed by atoms with E-state index < -0.39 is 0 Å². The summed E-state index contributed by atoms with van der Waals surface area (Å²) >= 11 is 1.31. The van der Waals surface area contributed by atoms with E-state index >= 15 is 0 Å². The molecule has 2 aromatic rings. The van der Waals surface area contributed by atoms with Crippen LogP contribution >= 0.6 is 11.8 Å². The first-order valence-electron chi connectivity index (χ1n) is 6.91. The highest BCUT2D eigenvalue weighted by Crippen LogP contribution is 2.16. The van der Waals surface area contributed by atoms with Crippen LogP contribution in [0.4, 0.5) is 4.39 Å². The van der Waals surface area contributed by atoms with Gasteiger partial charge < -0.3 is 5.32 Å². The number of thioether (sulfide) groups is 1. The fourth-order valence-electron chi connectivity index (χ4n) is 1.79. The average molecular weight is 319 g/mol. The van der Waals surface area contributed by atoms with Crippen LogP contribution in [0.3, 0.4) is 0 Å². The number of aryl methyl sites for hydroxylation is 2. The third-order valence-electron chi connectivity index (χ3n) is 3.35. The van der Waals surface area contributed by atoms with E-state index in [0.717, 1.165) is 22.5 Å². The van der Waals surface area contributed by atoms with Gasteiger partial charge in [0.25, 0.3) is 0 Å². The fraction of sp³-hybridized carbons (Fsp3) is 0.312. The summed E-state index contributed by atoms with van der Waals surface area (Å²) in [7, 11) is 0. The summed E-state index contributed by atoms with van der Waals surface area (Å²) < 4.78 is 12.8. The normalized spacial score (nSPS) is 10.5. The Morgan fingerprint density at radius 1 is 1.14 bits per heavy atom. The molecule has 0 radical (unpaired) electrons. The number of carbonyl (C=O) groups excluding carboxylic acids is 1. The van der Waals surface area contributed by atoms with Crippen molar-refractivity contribution in [3.05, 3.63) is 52.6 Å². The number of nitrogens with one attached hydrogen (secondary N) is 1. The molecule has 0 saturated heterocycles. The van der Waals surface area contributed by atoms with E-state index in [9.17, 15) is 9.18 Å². The molecule has 1 aromatic carbocycles. The lowest BCUT2D eigenvalue weighted by molar-refractivity contribution is -0.118. The lowest BCUT2D eigenvalue weighted by Gasteiger charge is -2.07. The summed E-state index contributed by atoms with van der Waals surface area (Å²) in [6.07, 6.45) is 0. The van der Waals surface area contributed by atoms with E-state index in [4.69, 9.17) is 0 Å². The van der Waals surface area contributed by atoms with Crippen LogP contribution in [0.25, 0.3) is 0 Å². The van der Waals surface area contributed by atoms with Crippen molar-refractivity contribution in [2.24, 2.45) is 0 Å². The first-order chi connectivity index (χ1) is 10.5. The van der Waals surface area contributed by atoms with Gasteiger partial charge in [-0.15, -0.1) is 0 Å². The molecule has 0 aliphatic rings. The Morgan fingerprint density at radius 3 is 2.32 bits per heavy atom. The van der Waals surface area contributed by atoms with E-state index in [1.807, 2.05) is 20.8 Å². The van der Waals surface area contributed by atoms with Crippen molar-refractivity contribution in [3.63, 3.8) is 0 Å². The van der Waals surface area contributed by atoms with Gasteiger partial charge >= 0.3 is 0 Å². The molecule has 1 aromatic heterocycles. The van der Waals surface area contributed by atoms with Gasteiger partial charge in [0.2, 0.25) is 5.91 Å². The quantitative estimate of drug-likeness (QED) is 0.680. The van der Waals surface area contributed by atoms with Crippen LogP contribution in [0, 0.1) is 26.6 Å². The Morgan fingerprint density at radius 2 is 1.73 bits per heavy atom. The Hall–Kier alpha value is -1.95. The molecule has 1 amide bonds. The number of hydrogen-bond acceptors (Lipinski definition) is 4. The first-order valence-corrected chi connectivity index (χ1v) is 7.90. The van der Waals surface area contributed by atoms with Crippen LogP contribution < -0.4 is 5.32 Å². The summed E-state index contributed by atoms with van der Waals surface area (Å²) in [5.74, 6) is -0.134. The molecule has 0 fully saturated rings. The predicted molar refractivity (Wildman–Crippen MR) is 85.2 cm³/mol. The SMILES string of the molecule is Cc1nc(SCC(=O)NCc2ccc(F)cc2)nc(C)c1C. The molecule has 0 atom stereocenters. The molecule has 0 saturated carbocycles. The van der Waals surface area contributed by atoms with Crippen molar-refractivity contribution in [1.82, 2.24) is 15.3 Å². The largest absolute Gasteiger partial charge is 0.351 e. The number of benzene rings is 1. The summed E-state index contributed by atoms with van der Waals surface area (Å²) in [4.78, 5) is 20.6. The third kappa shape index (κ3) is 4.53. The van der Waals surface area contributed by atoms with Crippen molar-refractivity contribution in [3.8, 4) is 0 Å². The smallest absolute Gasteiger partial charge is 0.230 e. The van der Waals surface area contributed by atoms with Crippen LogP contribution in [-0.4, -0.2) is 21.6 Å². The predicted octanol–water partition coefficient (Wildman–Crippen LogP) is 2.95. The zero-order valence-corrected chi connectivity index (χ0v) is 13.6. The van der Waals surface area contributed by atoms with E-state index in [0.29, 0.717) is 11.7 Å². The third-order valence-corrected chi connectivity index (χ3v) is 4.19. The van der Waals surface area contributed by atoms with E-state index in [-0.39, 0.29) is 17.5 Å². The second kappa shape index (κ2) is 7.35. The molecular formula is C16H18FN3OS. The van der Waals surface area contributed by atoms with Crippen LogP contribution in [0.15, 0.2) is 29.4 Å². The highest BCUT2D eigenvalue weighted by molar-refractivity contribution is 7.99. The number of amides is 1. The Labute approximate surface area is 133 Å². The first kappa shape index (κ1) is 16.4. The number of carbonyl (C=O) groups is 1. The lowest BCUT2D eigenvalue weighted by Crippen LogP contribution is -2.24. The van der Waals surface area contributed by atoms with Gasteiger partial charge in [0.05, 0.1) is 5.75 Å². The maximum Gasteiger partial charge on any atom is 0.230 e. The molecule has 1 heterocycles. The van der Waals surface area contributed by atoms with Gasteiger partial charge in [-0.1, -0.05) is 23.9 Å². The molecule has 0 aliphatic carbocycles. The maximum absolute atomic E-state index is 12.8. The van der Waals surface area contributed by atoms with Gasteiger partial charge in [-0.25, -0.2) is 14.4 Å². The minimum absolute atomic E-state index is 0.103. The number of nitrogens with zero attached hydrogens (tertiary/aromatic N) is 2. The van der Waals surface area contributed by atoms with Crippen molar-refractivity contribution in [2.45, 2.75) is 32.5 Å². The Balaban J connectivity index is 1.84. The molecule has 2 rings (SSSR count). The van der Waals surface area contributed by atoms with Gasteiger partial charge in [-0.3, -0.25) is 4.79 Å². The zero-order chi connectivity index (χ0) is 16.1. The van der Waals surface area contributed by atoms with Gasteiger partial charge in [0, 0.05) is 17.9 Å². The van der Waals surface area contributed by atoms with Crippen LogP contribution in [-0.2, 0) is 11.3 Å². The van der Waals surface area contributed by atoms with Crippen LogP contribution in [0.5, 0.6) is 0 Å². The van der Waals surface area contributed by atoms with E-state index in [1.54, 1.807) is 12.1 Å². The second-order valence-electron chi connectivity index (χ2n) is 4.99. The summed E-state index contributed by atoms with van der Waals surface area (Å²) in [6, 6.07) is 6.06. The van der Waals surface area contributed by atoms with Crippen molar-refractivity contribution >= 4 is 17.7 Å². The lowest BCUT2D eigenvalue weighted by atomic mass is 10.2. The standard InChI is InChI=1S/C16H18FN3OS/c1-10-11(2)19-16(20-12(10)3)22-9-15(21)18-8-13-4-6-14(17)7-5-13/h4-7H,8-9H2,1-3H3,(H,18,21). The van der Waals surface area contributed by atoms with Crippen molar-refractivity contribution in [1.29, 1.82) is 0 Å². The highest BCUT2D eigenvalue weighted by atomic mass is 32.2.